The van der Waals surface area contributed by atoms with Crippen LogP contribution in [0.2, 0.25) is 0 Å². The normalized spacial score (nSPS) is 19.4. The minimum absolute atomic E-state index is 0.0645. The molecule has 0 bridgehead atoms. The Morgan fingerprint density at radius 2 is 1.78 bits per heavy atom. The highest BCUT2D eigenvalue weighted by molar-refractivity contribution is 7.92. The van der Waals surface area contributed by atoms with Crippen molar-refractivity contribution in [3.63, 3.8) is 0 Å². The molecular weight excluding hydrogens is 515 g/mol. The van der Waals surface area contributed by atoms with Gasteiger partial charge in [-0.2, -0.15) is 17.4 Å². The Balaban J connectivity index is 1.61. The molecule has 2 aliphatic heterocycles. The Labute approximate surface area is 209 Å². The molecule has 0 saturated carbocycles. The van der Waals surface area contributed by atoms with Gasteiger partial charge in [-0.1, -0.05) is 6.92 Å². The number of benzene rings is 2. The lowest BCUT2D eigenvalue weighted by Gasteiger charge is -2.36. The molecule has 2 aromatic rings. The van der Waals surface area contributed by atoms with Gasteiger partial charge in [0, 0.05) is 18.8 Å². The van der Waals surface area contributed by atoms with Crippen molar-refractivity contribution in [2.75, 3.05) is 35.8 Å². The number of hydrogen-bond donors (Lipinski definition) is 3. The van der Waals surface area contributed by atoms with Crippen LogP contribution in [0.4, 0.5) is 20.6 Å². The molecule has 1 fully saturated rings. The van der Waals surface area contributed by atoms with Crippen molar-refractivity contribution in [1.82, 2.24) is 9.03 Å². The first kappa shape index (κ1) is 26.1. The topological polar surface area (TPSA) is 145 Å². The van der Waals surface area contributed by atoms with E-state index in [1.807, 2.05) is 0 Å². The van der Waals surface area contributed by atoms with E-state index in [9.17, 15) is 26.0 Å². The Bertz CT molecular complexity index is 1330. The first-order valence-corrected chi connectivity index (χ1v) is 14.2. The fourth-order valence-corrected chi connectivity index (χ4v) is 6.86. The number of halogens is 1. The summed E-state index contributed by atoms with van der Waals surface area (Å²) in [5, 5.41) is 11.2. The van der Waals surface area contributed by atoms with Crippen molar-refractivity contribution in [3.05, 3.63) is 48.3 Å². The number of anilines is 2. The summed E-state index contributed by atoms with van der Waals surface area (Å²) in [4.78, 5) is 10.9. The summed E-state index contributed by atoms with van der Waals surface area (Å²) in [7, 11) is -8.02. The number of sulfonamides is 1. The lowest BCUT2D eigenvalue weighted by molar-refractivity contribution is 0.201. The number of fused-ring (bicyclic) bond motifs is 1. The monoisotopic (exact) mass is 542 g/mol. The zero-order chi connectivity index (χ0) is 26.1. The summed E-state index contributed by atoms with van der Waals surface area (Å²) < 4.78 is 76.7. The predicted molar refractivity (Wildman–Crippen MR) is 130 cm³/mol. The number of carboxylic acid groups (broad SMARTS) is 1. The molecule has 2 aromatic carbocycles. The fourth-order valence-electron chi connectivity index (χ4n) is 4.10. The number of ether oxygens (including phenoxy) is 1. The van der Waals surface area contributed by atoms with Crippen LogP contribution in [0.25, 0.3) is 0 Å². The zero-order valence-electron chi connectivity index (χ0n) is 19.4. The molecule has 2 aliphatic rings. The van der Waals surface area contributed by atoms with Gasteiger partial charge in [0.2, 0.25) is 0 Å². The highest BCUT2D eigenvalue weighted by atomic mass is 32.2. The molecule has 196 valence electrons. The molecule has 4 rings (SSSR count). The van der Waals surface area contributed by atoms with E-state index in [1.54, 1.807) is 0 Å². The smallest absolute Gasteiger partial charge is 0.409 e. The Morgan fingerprint density at radius 3 is 2.42 bits per heavy atom. The van der Waals surface area contributed by atoms with Gasteiger partial charge in [0.25, 0.3) is 20.2 Å². The van der Waals surface area contributed by atoms with E-state index in [1.165, 1.54) is 22.5 Å². The molecule has 0 aromatic heterocycles. The zero-order valence-corrected chi connectivity index (χ0v) is 21.1. The van der Waals surface area contributed by atoms with E-state index < -0.39 is 38.2 Å². The largest absolute Gasteiger partial charge is 0.485 e. The molecular formula is C22H27FN4O7S2. The molecule has 0 radical (unpaired) electrons. The van der Waals surface area contributed by atoms with E-state index >= 15 is 0 Å². The molecule has 1 saturated heterocycles. The molecule has 1 atom stereocenters. The van der Waals surface area contributed by atoms with Crippen LogP contribution in [0.1, 0.15) is 19.8 Å². The highest BCUT2D eigenvalue weighted by Crippen LogP contribution is 2.39. The molecule has 0 spiro atoms. The third-order valence-electron chi connectivity index (χ3n) is 6.12. The maximum atomic E-state index is 13.5. The highest BCUT2D eigenvalue weighted by Gasteiger charge is 2.36. The second-order valence-electron chi connectivity index (χ2n) is 8.78. The molecule has 0 aliphatic carbocycles. The summed E-state index contributed by atoms with van der Waals surface area (Å²) in [5.74, 6) is -0.0390. The maximum absolute atomic E-state index is 13.5. The van der Waals surface area contributed by atoms with E-state index in [-0.39, 0.29) is 35.1 Å². The second-order valence-corrected chi connectivity index (χ2v) is 12.4. The van der Waals surface area contributed by atoms with Crippen molar-refractivity contribution in [2.45, 2.75) is 30.8 Å². The maximum Gasteiger partial charge on any atom is 0.409 e. The van der Waals surface area contributed by atoms with Crippen LogP contribution in [0.15, 0.2) is 47.4 Å². The van der Waals surface area contributed by atoms with Gasteiger partial charge in [0.05, 0.1) is 23.7 Å². The quantitative estimate of drug-likeness (QED) is 0.487. The van der Waals surface area contributed by atoms with Gasteiger partial charge in [0.15, 0.2) is 0 Å². The number of nitrogens with one attached hydrogen (secondary N) is 2. The summed E-state index contributed by atoms with van der Waals surface area (Å²) in [5.41, 5.74) is 0.178. The van der Waals surface area contributed by atoms with E-state index in [4.69, 9.17) is 9.84 Å². The van der Waals surface area contributed by atoms with Crippen LogP contribution in [0.3, 0.4) is 0 Å². The summed E-state index contributed by atoms with van der Waals surface area (Å²) in [6, 6.07) is 8.38. The lowest BCUT2D eigenvalue weighted by Crippen LogP contribution is -2.51. The Hall–Kier alpha value is -2.94. The number of rotatable bonds is 7. The number of hydrogen-bond acceptors (Lipinski definition) is 6. The Kier molecular flexibility index (Phi) is 7.41. The van der Waals surface area contributed by atoms with Crippen molar-refractivity contribution in [2.24, 2.45) is 5.92 Å². The van der Waals surface area contributed by atoms with Crippen molar-refractivity contribution < 1.29 is 35.9 Å². The van der Waals surface area contributed by atoms with Crippen molar-refractivity contribution >= 4 is 37.7 Å². The predicted octanol–water partition coefficient (Wildman–Crippen LogP) is 2.44. The van der Waals surface area contributed by atoms with Gasteiger partial charge >= 0.3 is 6.09 Å². The molecule has 1 amide bonds. The van der Waals surface area contributed by atoms with Crippen LogP contribution in [0.5, 0.6) is 5.75 Å². The van der Waals surface area contributed by atoms with Crippen LogP contribution in [-0.2, 0) is 20.2 Å². The van der Waals surface area contributed by atoms with Gasteiger partial charge in [-0.15, -0.1) is 0 Å². The molecule has 11 nitrogen and oxygen atoms in total. The van der Waals surface area contributed by atoms with Gasteiger partial charge in [-0.3, -0.25) is 9.62 Å². The molecule has 36 heavy (non-hydrogen) atoms. The van der Waals surface area contributed by atoms with Gasteiger partial charge in [-0.05, 0) is 61.2 Å². The van der Waals surface area contributed by atoms with E-state index in [0.29, 0.717) is 19.0 Å². The second kappa shape index (κ2) is 10.2. The van der Waals surface area contributed by atoms with Crippen LogP contribution in [-0.4, -0.2) is 64.6 Å². The van der Waals surface area contributed by atoms with Crippen molar-refractivity contribution in [3.8, 4) is 5.75 Å². The molecule has 2 heterocycles. The first-order chi connectivity index (χ1) is 17.0. The summed E-state index contributed by atoms with van der Waals surface area (Å²) >= 11 is 0. The Morgan fingerprint density at radius 1 is 1.11 bits per heavy atom. The van der Waals surface area contributed by atoms with Gasteiger partial charge < -0.3 is 9.84 Å². The standard InChI is InChI=1S/C22H27FN4O7S2/c1-15-8-10-26(11-9-15)36(32,33)24-13-18-14-27(35(30,31)19-5-2-16(23)3-6-19)20-12-17(25-22(28)29)4-7-21(20)34-18/h2-7,12,15,18,24-25H,8-11,13-14H2,1H3,(H,28,29). The average Bonchev–Trinajstić information content (AvgIpc) is 2.82. The lowest BCUT2D eigenvalue weighted by atomic mass is 10.0. The minimum Gasteiger partial charge on any atom is -0.485 e. The van der Waals surface area contributed by atoms with Crippen LogP contribution < -0.4 is 19.1 Å². The molecule has 3 N–H and O–H groups in total. The van der Waals surface area contributed by atoms with Crippen LogP contribution in [0, 0.1) is 11.7 Å². The number of amides is 1. The fraction of sp³-hybridized carbons (Fsp3) is 0.409. The number of carbonyl (C=O) groups is 1. The van der Waals surface area contributed by atoms with E-state index in [0.717, 1.165) is 41.4 Å². The number of nitrogens with zero attached hydrogens (tertiary/aromatic N) is 2. The SMILES string of the molecule is CC1CCN(S(=O)(=O)NCC2CN(S(=O)(=O)c3ccc(F)cc3)c3cc(NC(=O)O)ccc3O2)CC1. The third-order valence-corrected chi connectivity index (χ3v) is 9.49. The summed E-state index contributed by atoms with van der Waals surface area (Å²) in [6.45, 7) is 2.41. The minimum atomic E-state index is -4.23. The summed E-state index contributed by atoms with van der Waals surface area (Å²) in [6.07, 6.45) is -0.710. The van der Waals surface area contributed by atoms with E-state index in [2.05, 4.69) is 17.0 Å². The van der Waals surface area contributed by atoms with Crippen molar-refractivity contribution in [1.29, 1.82) is 0 Å². The van der Waals surface area contributed by atoms with Crippen LogP contribution >= 0.6 is 0 Å². The third kappa shape index (κ3) is 5.72. The van der Waals surface area contributed by atoms with Gasteiger partial charge in [0.1, 0.15) is 17.7 Å². The molecule has 14 heteroatoms. The average molecular weight is 543 g/mol. The number of piperidine rings is 1. The first-order valence-electron chi connectivity index (χ1n) is 11.3. The molecule has 1 unspecified atom stereocenters. The van der Waals surface area contributed by atoms with Gasteiger partial charge in [-0.25, -0.2) is 17.6 Å².